The predicted octanol–water partition coefficient (Wildman–Crippen LogP) is 2.87. The molecule has 0 saturated carbocycles. The Hall–Kier alpha value is -1.61. The molecule has 0 saturated heterocycles. The predicted molar refractivity (Wildman–Crippen MR) is 62.3 cm³/mol. The molecule has 1 rings (SSSR count). The van der Waals surface area contributed by atoms with Crippen LogP contribution >= 0.6 is 0 Å². The summed E-state index contributed by atoms with van der Waals surface area (Å²) >= 11 is 0. The number of hydrogen-bond donors (Lipinski definition) is 2. The van der Waals surface area contributed by atoms with Crippen molar-refractivity contribution < 1.29 is 9.90 Å². The largest absolute Gasteiger partial charge is 0.478 e. The number of carboxylic acid groups (broad SMARTS) is 1. The van der Waals surface area contributed by atoms with Gasteiger partial charge in [0.05, 0.1) is 5.57 Å². The monoisotopic (exact) mass is 207 g/mol. The number of rotatable bonds is 2. The molecule has 0 aliphatic heterocycles. The zero-order valence-electron chi connectivity index (χ0n) is 9.42. The van der Waals surface area contributed by atoms with Gasteiger partial charge < -0.3 is 11.3 Å². The second kappa shape index (κ2) is 4.75. The third-order valence-corrected chi connectivity index (χ3v) is 2.64. The summed E-state index contributed by atoms with van der Waals surface area (Å²) in [5, 5.41) is 8.82. The summed E-state index contributed by atoms with van der Waals surface area (Å²) < 4.78 is 0. The molecule has 1 aromatic carbocycles. The molecule has 0 unspecified atom stereocenters. The van der Waals surface area contributed by atoms with Crippen LogP contribution in [0.15, 0.2) is 18.7 Å². The van der Waals surface area contributed by atoms with Gasteiger partial charge in [0.15, 0.2) is 0 Å². The van der Waals surface area contributed by atoms with Crippen molar-refractivity contribution >= 4 is 11.5 Å². The van der Waals surface area contributed by atoms with Gasteiger partial charge in [0, 0.05) is 0 Å². The lowest BCUT2D eigenvalue weighted by Gasteiger charge is -2.10. The lowest BCUT2D eigenvalue weighted by Crippen LogP contribution is -2.01. The third kappa shape index (κ3) is 2.44. The number of aliphatic carboxylic acids is 1. The Morgan fingerprint density at radius 2 is 1.73 bits per heavy atom. The second-order valence-electron chi connectivity index (χ2n) is 3.46. The van der Waals surface area contributed by atoms with Crippen molar-refractivity contribution in [3.05, 3.63) is 41.0 Å². The van der Waals surface area contributed by atoms with Crippen LogP contribution in [0.25, 0.3) is 5.57 Å². The molecule has 3 heteroatoms. The van der Waals surface area contributed by atoms with Crippen LogP contribution in [0.2, 0.25) is 0 Å². The zero-order valence-corrected chi connectivity index (χ0v) is 9.42. The van der Waals surface area contributed by atoms with Crippen LogP contribution in [0.1, 0.15) is 22.3 Å². The van der Waals surface area contributed by atoms with Crippen molar-refractivity contribution in [2.45, 2.75) is 20.8 Å². The molecule has 0 spiro atoms. The first kappa shape index (κ1) is 13.4. The van der Waals surface area contributed by atoms with Crippen molar-refractivity contribution in [2.75, 3.05) is 0 Å². The number of aryl methyl sites for hydroxylation is 1. The topological polar surface area (TPSA) is 72.3 Å². The van der Waals surface area contributed by atoms with Crippen molar-refractivity contribution in [1.82, 2.24) is 6.15 Å². The fourth-order valence-electron chi connectivity index (χ4n) is 1.40. The highest BCUT2D eigenvalue weighted by molar-refractivity contribution is 6.14. The van der Waals surface area contributed by atoms with E-state index in [2.05, 4.69) is 6.58 Å². The molecule has 0 atom stereocenters. The zero-order chi connectivity index (χ0) is 10.9. The van der Waals surface area contributed by atoms with Gasteiger partial charge in [0.25, 0.3) is 0 Å². The normalized spacial score (nSPS) is 9.27. The van der Waals surface area contributed by atoms with Gasteiger partial charge >= 0.3 is 5.97 Å². The molecule has 82 valence electrons. The van der Waals surface area contributed by atoms with E-state index in [0.29, 0.717) is 0 Å². The lowest BCUT2D eigenvalue weighted by atomic mass is 9.95. The molecule has 0 aromatic heterocycles. The van der Waals surface area contributed by atoms with E-state index in [9.17, 15) is 4.79 Å². The maximum atomic E-state index is 10.7. The Labute approximate surface area is 90.0 Å². The Bertz CT molecular complexity index is 408. The molecule has 0 heterocycles. The van der Waals surface area contributed by atoms with Crippen molar-refractivity contribution in [1.29, 1.82) is 0 Å². The van der Waals surface area contributed by atoms with Crippen LogP contribution in [-0.2, 0) is 4.79 Å². The third-order valence-electron chi connectivity index (χ3n) is 2.64. The molecule has 0 bridgehead atoms. The molecule has 0 amide bonds. The highest BCUT2D eigenvalue weighted by atomic mass is 16.4. The maximum Gasteiger partial charge on any atom is 0.335 e. The summed E-state index contributed by atoms with van der Waals surface area (Å²) in [5.74, 6) is -0.962. The molecular formula is C12H17NO2. The van der Waals surface area contributed by atoms with E-state index in [0.717, 1.165) is 16.7 Å². The van der Waals surface area contributed by atoms with E-state index in [1.54, 1.807) is 0 Å². The van der Waals surface area contributed by atoms with Gasteiger partial charge in [-0.1, -0.05) is 18.7 Å². The minimum Gasteiger partial charge on any atom is -0.478 e. The second-order valence-corrected chi connectivity index (χ2v) is 3.46. The van der Waals surface area contributed by atoms with Gasteiger partial charge in [0.2, 0.25) is 0 Å². The molecule has 0 aliphatic rings. The lowest BCUT2D eigenvalue weighted by molar-refractivity contribution is -0.130. The van der Waals surface area contributed by atoms with Crippen LogP contribution in [0, 0.1) is 20.8 Å². The van der Waals surface area contributed by atoms with E-state index >= 15 is 0 Å². The first-order valence-electron chi connectivity index (χ1n) is 4.44. The van der Waals surface area contributed by atoms with Crippen molar-refractivity contribution in [3.8, 4) is 0 Å². The summed E-state index contributed by atoms with van der Waals surface area (Å²) in [7, 11) is 0. The highest BCUT2D eigenvalue weighted by Gasteiger charge is 2.11. The molecule has 4 N–H and O–H groups in total. The van der Waals surface area contributed by atoms with Gasteiger partial charge in [-0.15, -0.1) is 0 Å². The summed E-state index contributed by atoms with van der Waals surface area (Å²) in [4.78, 5) is 10.7. The quantitative estimate of drug-likeness (QED) is 0.732. The van der Waals surface area contributed by atoms with Crippen LogP contribution in [0.3, 0.4) is 0 Å². The first-order valence-corrected chi connectivity index (χ1v) is 4.44. The maximum absolute atomic E-state index is 10.7. The fourth-order valence-corrected chi connectivity index (χ4v) is 1.40. The van der Waals surface area contributed by atoms with Crippen molar-refractivity contribution in [3.63, 3.8) is 0 Å². The van der Waals surface area contributed by atoms with Gasteiger partial charge in [-0.25, -0.2) is 4.79 Å². The van der Waals surface area contributed by atoms with Gasteiger partial charge in [0.1, 0.15) is 0 Å². The Morgan fingerprint density at radius 3 is 2.20 bits per heavy atom. The van der Waals surface area contributed by atoms with E-state index < -0.39 is 5.97 Å². The summed E-state index contributed by atoms with van der Waals surface area (Å²) in [5.41, 5.74) is 4.18. The molecule has 0 fully saturated rings. The summed E-state index contributed by atoms with van der Waals surface area (Å²) in [6.07, 6.45) is 0. The van der Waals surface area contributed by atoms with Gasteiger partial charge in [-0.05, 0) is 43.0 Å². The summed E-state index contributed by atoms with van der Waals surface area (Å²) in [6.45, 7) is 9.48. The fraction of sp³-hybridized carbons (Fsp3) is 0.250. The standard InChI is InChI=1S/C12H14O2.H3N/c1-7-5-6-11(9(3)8(7)2)10(4)12(13)14;/h5-6H,4H2,1-3H3,(H,13,14);1H3. The van der Waals surface area contributed by atoms with Crippen LogP contribution in [0.4, 0.5) is 0 Å². The SMILES string of the molecule is C=C(C(=O)O)c1ccc(C)c(C)c1C.N. The summed E-state index contributed by atoms with van der Waals surface area (Å²) in [6, 6.07) is 3.74. The van der Waals surface area contributed by atoms with Gasteiger partial charge in [-0.2, -0.15) is 0 Å². The smallest absolute Gasteiger partial charge is 0.335 e. The molecule has 0 radical (unpaired) electrons. The van der Waals surface area contributed by atoms with E-state index in [-0.39, 0.29) is 11.7 Å². The van der Waals surface area contributed by atoms with Crippen molar-refractivity contribution in [2.24, 2.45) is 0 Å². The number of carbonyl (C=O) groups is 1. The van der Waals surface area contributed by atoms with Crippen LogP contribution in [-0.4, -0.2) is 11.1 Å². The van der Waals surface area contributed by atoms with E-state index in [1.165, 1.54) is 5.56 Å². The number of hydrogen-bond acceptors (Lipinski definition) is 2. The molecular weight excluding hydrogens is 190 g/mol. The minimum atomic E-state index is -0.962. The average molecular weight is 207 g/mol. The Balaban J connectivity index is 0.00000196. The molecule has 0 aliphatic carbocycles. The van der Waals surface area contributed by atoms with E-state index in [4.69, 9.17) is 5.11 Å². The number of carboxylic acids is 1. The average Bonchev–Trinajstić information content (AvgIpc) is 2.13. The van der Waals surface area contributed by atoms with Crippen LogP contribution < -0.4 is 6.15 Å². The Morgan fingerprint density at radius 1 is 1.20 bits per heavy atom. The molecule has 1 aromatic rings. The van der Waals surface area contributed by atoms with E-state index in [1.807, 2.05) is 32.9 Å². The minimum absolute atomic E-state index is 0. The Kier molecular flexibility index (Phi) is 4.24. The van der Waals surface area contributed by atoms with Crippen LogP contribution in [0.5, 0.6) is 0 Å². The number of benzene rings is 1. The molecule has 3 nitrogen and oxygen atoms in total. The molecule has 15 heavy (non-hydrogen) atoms. The van der Waals surface area contributed by atoms with Gasteiger partial charge in [-0.3, -0.25) is 0 Å². The first-order chi connectivity index (χ1) is 6.45. The highest BCUT2D eigenvalue weighted by Crippen LogP contribution is 2.22.